The van der Waals surface area contributed by atoms with E-state index in [1.807, 2.05) is 4.90 Å². The van der Waals surface area contributed by atoms with Crippen LogP contribution in [0.1, 0.15) is 19.3 Å². The van der Waals surface area contributed by atoms with Crippen molar-refractivity contribution >= 4 is 23.1 Å². The third-order valence-electron chi connectivity index (χ3n) is 4.04. The van der Waals surface area contributed by atoms with Crippen molar-refractivity contribution in [3.63, 3.8) is 0 Å². The number of anilines is 1. The average Bonchev–Trinajstić information content (AvgIpc) is 2.75. The second kappa shape index (κ2) is 5.49. The number of nitro groups is 1. The van der Waals surface area contributed by atoms with Crippen LogP contribution in [0.25, 0.3) is 0 Å². The summed E-state index contributed by atoms with van der Waals surface area (Å²) in [5, 5.41) is 11.1. The van der Waals surface area contributed by atoms with Crippen molar-refractivity contribution in [1.82, 2.24) is 14.9 Å². The van der Waals surface area contributed by atoms with E-state index in [2.05, 4.69) is 14.9 Å². The van der Waals surface area contributed by atoms with Gasteiger partial charge in [0.05, 0.1) is 4.92 Å². The molecular formula is C12H16ClN5O2. The lowest BCUT2D eigenvalue weighted by molar-refractivity contribution is -0.384. The summed E-state index contributed by atoms with van der Waals surface area (Å²) in [6, 6.07) is 0.464. The summed E-state index contributed by atoms with van der Waals surface area (Å²) in [5.74, 6) is 0.351. The van der Waals surface area contributed by atoms with Crippen molar-refractivity contribution in [2.24, 2.45) is 0 Å². The maximum Gasteiger partial charge on any atom is 0.348 e. The van der Waals surface area contributed by atoms with E-state index in [1.165, 1.54) is 12.7 Å². The second-order valence-electron chi connectivity index (χ2n) is 5.23. The lowest BCUT2D eigenvalue weighted by Gasteiger charge is -2.26. The Morgan fingerprint density at radius 3 is 2.90 bits per heavy atom. The highest BCUT2D eigenvalue weighted by atomic mass is 35.5. The predicted octanol–water partition coefficient (Wildman–Crippen LogP) is 1.71. The third-order valence-corrected chi connectivity index (χ3v) is 4.32. The summed E-state index contributed by atoms with van der Waals surface area (Å²) < 4.78 is 0. The van der Waals surface area contributed by atoms with Gasteiger partial charge in [0.25, 0.3) is 0 Å². The van der Waals surface area contributed by atoms with Crippen LogP contribution in [0, 0.1) is 10.1 Å². The SMILES string of the molecule is O=[N+]([O-])c1c(Cl)ncnc1N1CCCN2CCCC2C1. The molecule has 1 aromatic heterocycles. The van der Waals surface area contributed by atoms with E-state index in [4.69, 9.17) is 11.6 Å². The van der Waals surface area contributed by atoms with Crippen molar-refractivity contribution in [3.8, 4) is 0 Å². The molecule has 1 aromatic rings. The first-order valence-electron chi connectivity index (χ1n) is 6.80. The Hall–Kier alpha value is -1.47. The average molecular weight is 298 g/mol. The molecule has 0 N–H and O–H groups in total. The molecule has 2 saturated heterocycles. The summed E-state index contributed by atoms with van der Waals surface area (Å²) in [6.07, 6.45) is 4.62. The number of aromatic nitrogens is 2. The highest BCUT2D eigenvalue weighted by molar-refractivity contribution is 6.31. The van der Waals surface area contributed by atoms with Gasteiger partial charge in [-0.3, -0.25) is 15.0 Å². The standard InChI is InChI=1S/C12H16ClN5O2/c13-11-10(18(19)20)12(15-8-14-11)17-6-2-5-16-4-1-3-9(16)7-17/h8-9H,1-7H2. The first-order valence-corrected chi connectivity index (χ1v) is 7.18. The van der Waals surface area contributed by atoms with Crippen LogP contribution in [0.15, 0.2) is 6.33 Å². The van der Waals surface area contributed by atoms with E-state index >= 15 is 0 Å². The van der Waals surface area contributed by atoms with Crippen LogP contribution in [0.4, 0.5) is 11.5 Å². The van der Waals surface area contributed by atoms with Gasteiger partial charge in [-0.1, -0.05) is 11.6 Å². The number of halogens is 1. The Bertz CT molecular complexity index is 527. The molecule has 0 aliphatic carbocycles. The fourth-order valence-corrected chi connectivity index (χ4v) is 3.33. The van der Waals surface area contributed by atoms with Gasteiger partial charge in [-0.25, -0.2) is 9.97 Å². The van der Waals surface area contributed by atoms with Gasteiger partial charge in [-0.15, -0.1) is 0 Å². The summed E-state index contributed by atoms with van der Waals surface area (Å²) in [4.78, 5) is 23.0. The van der Waals surface area contributed by atoms with Crippen molar-refractivity contribution in [2.75, 3.05) is 31.1 Å². The van der Waals surface area contributed by atoms with Gasteiger partial charge in [-0.2, -0.15) is 0 Å². The lowest BCUT2D eigenvalue weighted by atomic mass is 10.2. The number of fused-ring (bicyclic) bond motifs is 1. The molecule has 0 bridgehead atoms. The van der Waals surface area contributed by atoms with Crippen LogP contribution >= 0.6 is 11.6 Å². The predicted molar refractivity (Wildman–Crippen MR) is 75.1 cm³/mol. The topological polar surface area (TPSA) is 75.4 Å². The molecule has 108 valence electrons. The van der Waals surface area contributed by atoms with Gasteiger partial charge in [-0.05, 0) is 25.8 Å². The molecule has 0 spiro atoms. The fourth-order valence-electron chi connectivity index (χ4n) is 3.14. The number of rotatable bonds is 2. The number of hydrogen-bond acceptors (Lipinski definition) is 6. The van der Waals surface area contributed by atoms with Crippen molar-refractivity contribution in [1.29, 1.82) is 0 Å². The fraction of sp³-hybridized carbons (Fsp3) is 0.667. The molecule has 2 aliphatic heterocycles. The van der Waals surface area contributed by atoms with Crippen LogP contribution in [0.2, 0.25) is 5.15 Å². The normalized spacial score (nSPS) is 23.4. The molecule has 0 aromatic carbocycles. The maximum atomic E-state index is 11.2. The molecule has 3 heterocycles. The maximum absolute atomic E-state index is 11.2. The van der Waals surface area contributed by atoms with Gasteiger partial charge in [0.2, 0.25) is 11.0 Å². The molecule has 0 amide bonds. The smallest absolute Gasteiger partial charge is 0.348 e. The van der Waals surface area contributed by atoms with Crippen molar-refractivity contribution in [2.45, 2.75) is 25.3 Å². The van der Waals surface area contributed by atoms with Gasteiger partial charge < -0.3 is 4.90 Å². The number of nitrogens with zero attached hydrogens (tertiary/aromatic N) is 5. The van der Waals surface area contributed by atoms with E-state index in [9.17, 15) is 10.1 Å². The Morgan fingerprint density at radius 2 is 2.10 bits per heavy atom. The Morgan fingerprint density at radius 1 is 1.30 bits per heavy atom. The molecule has 2 fully saturated rings. The van der Waals surface area contributed by atoms with E-state index in [1.54, 1.807) is 0 Å². The summed E-state index contributed by atoms with van der Waals surface area (Å²) in [6.45, 7) is 3.72. The minimum Gasteiger partial charge on any atom is -0.349 e. The van der Waals surface area contributed by atoms with Gasteiger partial charge >= 0.3 is 5.69 Å². The molecule has 1 atom stereocenters. The van der Waals surface area contributed by atoms with Crippen LogP contribution in [-0.2, 0) is 0 Å². The Kier molecular flexibility index (Phi) is 3.71. The van der Waals surface area contributed by atoms with Gasteiger partial charge in [0.1, 0.15) is 6.33 Å². The molecule has 3 rings (SSSR count). The van der Waals surface area contributed by atoms with E-state index in [0.717, 1.165) is 39.0 Å². The summed E-state index contributed by atoms with van der Waals surface area (Å²) in [7, 11) is 0. The monoisotopic (exact) mass is 297 g/mol. The quantitative estimate of drug-likeness (QED) is 0.470. The lowest BCUT2D eigenvalue weighted by Crippen LogP contribution is -2.37. The van der Waals surface area contributed by atoms with Gasteiger partial charge in [0, 0.05) is 25.7 Å². The van der Waals surface area contributed by atoms with Crippen molar-refractivity contribution in [3.05, 3.63) is 21.6 Å². The number of hydrogen-bond donors (Lipinski definition) is 0. The largest absolute Gasteiger partial charge is 0.349 e. The molecule has 1 unspecified atom stereocenters. The van der Waals surface area contributed by atoms with Crippen LogP contribution in [0.5, 0.6) is 0 Å². The minimum atomic E-state index is -0.491. The van der Waals surface area contributed by atoms with Crippen LogP contribution < -0.4 is 4.90 Å². The molecule has 8 heteroatoms. The zero-order valence-electron chi connectivity index (χ0n) is 11.0. The molecule has 0 radical (unpaired) electrons. The first kappa shape index (κ1) is 13.5. The summed E-state index contributed by atoms with van der Waals surface area (Å²) >= 11 is 5.87. The van der Waals surface area contributed by atoms with E-state index < -0.39 is 4.92 Å². The highest BCUT2D eigenvalue weighted by Gasteiger charge is 2.33. The highest BCUT2D eigenvalue weighted by Crippen LogP contribution is 2.33. The zero-order valence-corrected chi connectivity index (χ0v) is 11.8. The molecular weight excluding hydrogens is 282 g/mol. The molecule has 0 saturated carbocycles. The molecule has 7 nitrogen and oxygen atoms in total. The third kappa shape index (κ3) is 2.43. The first-order chi connectivity index (χ1) is 9.66. The van der Waals surface area contributed by atoms with Crippen LogP contribution in [0.3, 0.4) is 0 Å². The second-order valence-corrected chi connectivity index (χ2v) is 5.58. The van der Waals surface area contributed by atoms with E-state index in [-0.39, 0.29) is 10.8 Å². The van der Waals surface area contributed by atoms with Gasteiger partial charge in [0.15, 0.2) is 0 Å². The Balaban J connectivity index is 1.92. The zero-order chi connectivity index (χ0) is 14.1. The van der Waals surface area contributed by atoms with Crippen molar-refractivity contribution < 1.29 is 4.92 Å². The molecule has 20 heavy (non-hydrogen) atoms. The molecule has 2 aliphatic rings. The van der Waals surface area contributed by atoms with E-state index in [0.29, 0.717) is 11.9 Å². The van der Waals surface area contributed by atoms with Crippen LogP contribution in [-0.4, -0.2) is 52.0 Å². The summed E-state index contributed by atoms with van der Waals surface area (Å²) in [5.41, 5.74) is -0.180. The Labute approximate surface area is 121 Å². The minimum absolute atomic E-state index is 0.0903.